The molecule has 0 saturated heterocycles. The Hall–Kier alpha value is -1.71. The Morgan fingerprint density at radius 2 is 1.93 bits per heavy atom. The Morgan fingerprint density at radius 1 is 1.29 bits per heavy atom. The summed E-state index contributed by atoms with van der Waals surface area (Å²) in [6.45, 7) is 0.169. The summed E-state index contributed by atoms with van der Waals surface area (Å²) >= 11 is 0. The number of ether oxygens (including phenoxy) is 2. The van der Waals surface area contributed by atoms with Crippen LogP contribution < -0.4 is 10.1 Å². The van der Waals surface area contributed by atoms with Gasteiger partial charge in [-0.2, -0.15) is 0 Å². The molecule has 0 radical (unpaired) electrons. The summed E-state index contributed by atoms with van der Waals surface area (Å²) in [5, 5.41) is 2.92. The molecule has 4 nitrogen and oxygen atoms in total. The summed E-state index contributed by atoms with van der Waals surface area (Å²) in [5.41, 5.74) is 0.858. The van der Waals surface area contributed by atoms with Gasteiger partial charge in [0.25, 0.3) is 0 Å². The van der Waals surface area contributed by atoms with E-state index in [0.717, 1.165) is 11.4 Å². The molecule has 0 aromatic heterocycles. The van der Waals surface area contributed by atoms with Crippen LogP contribution in [-0.2, 0) is 9.53 Å². The van der Waals surface area contributed by atoms with Gasteiger partial charge in [-0.25, -0.2) is 0 Å². The molecule has 1 aromatic rings. The summed E-state index contributed by atoms with van der Waals surface area (Å²) in [7, 11) is 2.97. The van der Waals surface area contributed by atoms with E-state index in [1.54, 1.807) is 7.11 Å². The number of nitrogens with one attached hydrogen (secondary N) is 1. The molecule has 0 spiro atoms. The van der Waals surface area contributed by atoms with Crippen LogP contribution in [0.4, 0.5) is 5.69 Å². The van der Waals surface area contributed by atoms with Crippen molar-refractivity contribution in [2.24, 2.45) is 0 Å². The molecule has 0 amide bonds. The summed E-state index contributed by atoms with van der Waals surface area (Å²) < 4.78 is 9.49. The molecule has 0 heterocycles. The second kappa shape index (κ2) is 5.11. The van der Waals surface area contributed by atoms with Gasteiger partial charge in [0.2, 0.25) is 0 Å². The summed E-state index contributed by atoms with van der Waals surface area (Å²) in [6, 6.07) is 7.31. The first-order chi connectivity index (χ1) is 6.76. The van der Waals surface area contributed by atoms with E-state index in [0.29, 0.717) is 0 Å². The van der Waals surface area contributed by atoms with Crippen molar-refractivity contribution in [3.63, 3.8) is 0 Å². The molecule has 1 rings (SSSR count). The monoisotopic (exact) mass is 195 g/mol. The summed E-state index contributed by atoms with van der Waals surface area (Å²) in [6.07, 6.45) is 0. The van der Waals surface area contributed by atoms with Crippen molar-refractivity contribution in [3.05, 3.63) is 24.3 Å². The van der Waals surface area contributed by atoms with E-state index in [1.165, 1.54) is 7.11 Å². The van der Waals surface area contributed by atoms with E-state index in [1.807, 2.05) is 24.3 Å². The number of hydrogen-bond donors (Lipinski definition) is 1. The van der Waals surface area contributed by atoms with Gasteiger partial charge in [0, 0.05) is 5.69 Å². The van der Waals surface area contributed by atoms with E-state index in [9.17, 15) is 4.79 Å². The molecule has 1 aromatic carbocycles. The van der Waals surface area contributed by atoms with Crippen LogP contribution in [-0.4, -0.2) is 26.7 Å². The normalized spacial score (nSPS) is 9.29. The molecule has 0 atom stereocenters. The molecule has 0 fully saturated rings. The highest BCUT2D eigenvalue weighted by molar-refractivity contribution is 5.74. The van der Waals surface area contributed by atoms with Crippen LogP contribution in [0.5, 0.6) is 5.75 Å². The molecule has 0 aliphatic heterocycles. The maximum Gasteiger partial charge on any atom is 0.325 e. The number of benzene rings is 1. The molecule has 1 N–H and O–H groups in total. The first kappa shape index (κ1) is 10.4. The van der Waals surface area contributed by atoms with E-state index in [-0.39, 0.29) is 12.5 Å². The van der Waals surface area contributed by atoms with Crippen LogP contribution in [0.2, 0.25) is 0 Å². The van der Waals surface area contributed by atoms with Gasteiger partial charge in [-0.05, 0) is 24.3 Å². The lowest BCUT2D eigenvalue weighted by molar-refractivity contribution is -0.138. The van der Waals surface area contributed by atoms with Crippen molar-refractivity contribution < 1.29 is 14.3 Å². The average molecular weight is 195 g/mol. The lowest BCUT2D eigenvalue weighted by Gasteiger charge is -2.05. The number of carbonyl (C=O) groups is 1. The fourth-order valence-corrected chi connectivity index (χ4v) is 0.955. The topological polar surface area (TPSA) is 47.6 Å². The SMILES string of the molecule is COC(=O)CNc1ccc(OC)cc1. The van der Waals surface area contributed by atoms with Crippen molar-refractivity contribution in [3.8, 4) is 5.75 Å². The standard InChI is InChI=1S/C10H13NO3/c1-13-9-5-3-8(4-6-9)11-7-10(12)14-2/h3-6,11H,7H2,1-2H3. The number of carbonyl (C=O) groups excluding carboxylic acids is 1. The van der Waals surface area contributed by atoms with E-state index >= 15 is 0 Å². The number of esters is 1. The zero-order chi connectivity index (χ0) is 10.4. The first-order valence-corrected chi connectivity index (χ1v) is 4.21. The van der Waals surface area contributed by atoms with E-state index in [4.69, 9.17) is 4.74 Å². The van der Waals surface area contributed by atoms with Crippen LogP contribution in [0.3, 0.4) is 0 Å². The van der Waals surface area contributed by atoms with Crippen molar-refractivity contribution in [1.29, 1.82) is 0 Å². The Morgan fingerprint density at radius 3 is 2.43 bits per heavy atom. The Kier molecular flexibility index (Phi) is 3.79. The molecule has 0 saturated carbocycles. The Balaban J connectivity index is 2.47. The molecular formula is C10H13NO3. The minimum atomic E-state index is -0.291. The third-order valence-corrected chi connectivity index (χ3v) is 1.75. The molecular weight excluding hydrogens is 182 g/mol. The van der Waals surface area contributed by atoms with Crippen LogP contribution in [0, 0.1) is 0 Å². The van der Waals surface area contributed by atoms with Gasteiger partial charge in [-0.15, -0.1) is 0 Å². The maximum atomic E-state index is 10.8. The van der Waals surface area contributed by atoms with Crippen LogP contribution in [0.1, 0.15) is 0 Å². The predicted molar refractivity (Wildman–Crippen MR) is 53.5 cm³/mol. The van der Waals surface area contributed by atoms with Crippen LogP contribution >= 0.6 is 0 Å². The van der Waals surface area contributed by atoms with E-state index in [2.05, 4.69) is 10.1 Å². The largest absolute Gasteiger partial charge is 0.497 e. The zero-order valence-corrected chi connectivity index (χ0v) is 8.24. The van der Waals surface area contributed by atoms with Gasteiger partial charge in [0.1, 0.15) is 12.3 Å². The third kappa shape index (κ3) is 2.97. The number of anilines is 1. The number of methoxy groups -OCH3 is 2. The highest BCUT2D eigenvalue weighted by Crippen LogP contribution is 2.14. The van der Waals surface area contributed by atoms with Gasteiger partial charge in [-0.3, -0.25) is 4.79 Å². The lowest BCUT2D eigenvalue weighted by atomic mass is 10.3. The van der Waals surface area contributed by atoms with Crippen LogP contribution in [0.15, 0.2) is 24.3 Å². The van der Waals surface area contributed by atoms with Crippen LogP contribution in [0.25, 0.3) is 0 Å². The average Bonchev–Trinajstić information content (AvgIpc) is 2.26. The molecule has 0 unspecified atom stereocenters. The van der Waals surface area contributed by atoms with Crippen molar-refractivity contribution in [2.45, 2.75) is 0 Å². The summed E-state index contributed by atoms with van der Waals surface area (Å²) in [4.78, 5) is 10.8. The minimum Gasteiger partial charge on any atom is -0.497 e. The van der Waals surface area contributed by atoms with Gasteiger partial charge < -0.3 is 14.8 Å². The first-order valence-electron chi connectivity index (χ1n) is 4.21. The number of rotatable bonds is 4. The number of hydrogen-bond acceptors (Lipinski definition) is 4. The fourth-order valence-electron chi connectivity index (χ4n) is 0.955. The summed E-state index contributed by atoms with van der Waals surface area (Å²) in [5.74, 6) is 0.495. The van der Waals surface area contributed by atoms with Gasteiger partial charge in [-0.1, -0.05) is 0 Å². The fraction of sp³-hybridized carbons (Fsp3) is 0.300. The van der Waals surface area contributed by atoms with Gasteiger partial charge in [0.15, 0.2) is 0 Å². The van der Waals surface area contributed by atoms with Gasteiger partial charge >= 0.3 is 5.97 Å². The molecule has 0 aliphatic carbocycles. The highest BCUT2D eigenvalue weighted by Gasteiger charge is 1.99. The smallest absolute Gasteiger partial charge is 0.325 e. The van der Waals surface area contributed by atoms with Crippen molar-refractivity contribution in [2.75, 3.05) is 26.1 Å². The second-order valence-corrected chi connectivity index (χ2v) is 2.66. The molecule has 0 aliphatic rings. The van der Waals surface area contributed by atoms with Crippen molar-refractivity contribution >= 4 is 11.7 Å². The highest BCUT2D eigenvalue weighted by atomic mass is 16.5. The second-order valence-electron chi connectivity index (χ2n) is 2.66. The molecule has 0 bridgehead atoms. The maximum absolute atomic E-state index is 10.8. The Bertz CT molecular complexity index is 295. The molecule has 14 heavy (non-hydrogen) atoms. The molecule has 76 valence electrons. The third-order valence-electron chi connectivity index (χ3n) is 1.75. The van der Waals surface area contributed by atoms with Gasteiger partial charge in [0.05, 0.1) is 14.2 Å². The zero-order valence-electron chi connectivity index (χ0n) is 8.24. The predicted octanol–water partition coefficient (Wildman–Crippen LogP) is 1.28. The quantitative estimate of drug-likeness (QED) is 0.735. The lowest BCUT2D eigenvalue weighted by Crippen LogP contribution is -2.14. The minimum absolute atomic E-state index is 0.169. The Labute approximate surface area is 82.8 Å². The van der Waals surface area contributed by atoms with E-state index < -0.39 is 0 Å². The van der Waals surface area contributed by atoms with Crippen molar-refractivity contribution in [1.82, 2.24) is 0 Å². The molecule has 4 heteroatoms.